The van der Waals surface area contributed by atoms with Crippen LogP contribution in [0.5, 0.6) is 0 Å². The van der Waals surface area contributed by atoms with Gasteiger partial charge in [-0.25, -0.2) is 0 Å². The lowest BCUT2D eigenvalue weighted by molar-refractivity contribution is -0.117. The minimum atomic E-state index is -0.203. The maximum atomic E-state index is 12.3. The molecule has 0 radical (unpaired) electrons. The Morgan fingerprint density at radius 1 is 1.10 bits per heavy atom. The van der Waals surface area contributed by atoms with E-state index in [2.05, 4.69) is 11.4 Å². The van der Waals surface area contributed by atoms with Gasteiger partial charge in [0, 0.05) is 0 Å². The number of nitrogens with zero attached hydrogens (tertiary/aromatic N) is 1. The van der Waals surface area contributed by atoms with Crippen molar-refractivity contribution in [1.29, 1.82) is 0 Å². The molecule has 0 aromatic heterocycles. The van der Waals surface area contributed by atoms with Gasteiger partial charge < -0.3 is 10.2 Å². The molecular formula is C17H16N2O2. The Morgan fingerprint density at radius 2 is 1.90 bits per heavy atom. The van der Waals surface area contributed by atoms with Crippen molar-refractivity contribution in [3.63, 3.8) is 0 Å². The molecule has 0 bridgehead atoms. The molecule has 0 unspecified atom stereocenters. The average molecular weight is 280 g/mol. The molecule has 106 valence electrons. The molecule has 0 saturated heterocycles. The highest BCUT2D eigenvalue weighted by Crippen LogP contribution is 2.24. The van der Waals surface area contributed by atoms with E-state index in [1.165, 1.54) is 0 Å². The Balaban J connectivity index is 2.01. The van der Waals surface area contributed by atoms with Crippen LogP contribution in [0.4, 0.5) is 5.69 Å². The summed E-state index contributed by atoms with van der Waals surface area (Å²) >= 11 is 0. The number of anilines is 1. The lowest BCUT2D eigenvalue weighted by Gasteiger charge is -2.22. The van der Waals surface area contributed by atoms with Crippen LogP contribution in [0.25, 0.3) is 0 Å². The van der Waals surface area contributed by atoms with Gasteiger partial charge in [0.25, 0.3) is 5.91 Å². The van der Waals surface area contributed by atoms with E-state index in [9.17, 15) is 9.59 Å². The SMILES string of the molecule is Cc1cccc(CN2C(=O)CNC(=O)c3ccccc32)c1. The van der Waals surface area contributed by atoms with Gasteiger partial charge in [-0.1, -0.05) is 42.0 Å². The molecule has 0 atom stereocenters. The molecule has 4 nitrogen and oxygen atoms in total. The van der Waals surface area contributed by atoms with Crippen LogP contribution in [-0.2, 0) is 11.3 Å². The Kier molecular flexibility index (Phi) is 3.44. The Labute approximate surface area is 123 Å². The standard InChI is InChI=1S/C17H16N2O2/c1-12-5-4-6-13(9-12)11-19-15-8-3-2-7-14(15)17(21)18-10-16(19)20/h2-9H,10-11H2,1H3,(H,18,21). The number of aryl methyl sites for hydroxylation is 1. The highest BCUT2D eigenvalue weighted by Gasteiger charge is 2.25. The highest BCUT2D eigenvalue weighted by atomic mass is 16.2. The van der Waals surface area contributed by atoms with Gasteiger partial charge in [0.2, 0.25) is 5.91 Å². The van der Waals surface area contributed by atoms with Crippen LogP contribution in [0.2, 0.25) is 0 Å². The van der Waals surface area contributed by atoms with Crippen molar-refractivity contribution in [2.24, 2.45) is 0 Å². The first kappa shape index (κ1) is 13.4. The van der Waals surface area contributed by atoms with Crippen LogP contribution in [0.1, 0.15) is 21.5 Å². The topological polar surface area (TPSA) is 49.4 Å². The fourth-order valence-electron chi connectivity index (χ4n) is 2.55. The first-order valence-corrected chi connectivity index (χ1v) is 6.88. The normalized spacial score (nSPS) is 14.4. The number of nitrogens with one attached hydrogen (secondary N) is 1. The van der Waals surface area contributed by atoms with Gasteiger partial charge >= 0.3 is 0 Å². The Hall–Kier alpha value is -2.62. The summed E-state index contributed by atoms with van der Waals surface area (Å²) in [6.07, 6.45) is 0. The lowest BCUT2D eigenvalue weighted by atomic mass is 10.1. The van der Waals surface area contributed by atoms with Crippen LogP contribution >= 0.6 is 0 Å². The van der Waals surface area contributed by atoms with Gasteiger partial charge in [0.1, 0.15) is 0 Å². The third-order valence-corrected chi connectivity index (χ3v) is 3.56. The molecular weight excluding hydrogens is 264 g/mol. The van der Waals surface area contributed by atoms with Crippen molar-refractivity contribution in [3.05, 3.63) is 65.2 Å². The minimum absolute atomic E-state index is 0.0271. The zero-order chi connectivity index (χ0) is 14.8. The smallest absolute Gasteiger partial charge is 0.253 e. The van der Waals surface area contributed by atoms with E-state index in [4.69, 9.17) is 0 Å². The van der Waals surface area contributed by atoms with Crippen LogP contribution < -0.4 is 10.2 Å². The van der Waals surface area contributed by atoms with Crippen molar-refractivity contribution in [1.82, 2.24) is 5.32 Å². The Bertz CT molecular complexity index is 709. The molecule has 0 aliphatic carbocycles. The molecule has 21 heavy (non-hydrogen) atoms. The summed E-state index contributed by atoms with van der Waals surface area (Å²) in [6, 6.07) is 15.2. The van der Waals surface area contributed by atoms with Gasteiger partial charge in [-0.05, 0) is 24.6 Å². The van der Waals surface area contributed by atoms with Crippen LogP contribution in [0.15, 0.2) is 48.5 Å². The van der Waals surface area contributed by atoms with Gasteiger partial charge in [-0.2, -0.15) is 0 Å². The number of rotatable bonds is 2. The minimum Gasteiger partial charge on any atom is -0.343 e. The Morgan fingerprint density at radius 3 is 2.71 bits per heavy atom. The maximum Gasteiger partial charge on any atom is 0.253 e. The van der Waals surface area contributed by atoms with E-state index in [0.29, 0.717) is 17.8 Å². The summed E-state index contributed by atoms with van der Waals surface area (Å²) in [7, 11) is 0. The molecule has 3 rings (SSSR count). The summed E-state index contributed by atoms with van der Waals surface area (Å²) in [6.45, 7) is 2.51. The number of amides is 2. The van der Waals surface area contributed by atoms with Crippen LogP contribution in [-0.4, -0.2) is 18.4 Å². The van der Waals surface area contributed by atoms with Crippen molar-refractivity contribution in [3.8, 4) is 0 Å². The van der Waals surface area contributed by atoms with Gasteiger partial charge in [-0.3, -0.25) is 9.59 Å². The van der Waals surface area contributed by atoms with Crippen molar-refractivity contribution < 1.29 is 9.59 Å². The lowest BCUT2D eigenvalue weighted by Crippen LogP contribution is -2.36. The predicted molar refractivity (Wildman–Crippen MR) is 81.1 cm³/mol. The first-order chi connectivity index (χ1) is 10.1. The van der Waals surface area contributed by atoms with E-state index in [1.54, 1.807) is 17.0 Å². The summed E-state index contributed by atoms with van der Waals surface area (Å²) in [5.74, 6) is -0.305. The molecule has 2 aromatic carbocycles. The van der Waals surface area contributed by atoms with E-state index in [-0.39, 0.29) is 18.4 Å². The molecule has 1 heterocycles. The second-order valence-electron chi connectivity index (χ2n) is 5.17. The molecule has 1 aliphatic heterocycles. The molecule has 0 spiro atoms. The van der Waals surface area contributed by atoms with Crippen molar-refractivity contribution >= 4 is 17.5 Å². The number of fused-ring (bicyclic) bond motifs is 1. The number of carbonyl (C=O) groups is 2. The third-order valence-electron chi connectivity index (χ3n) is 3.56. The molecule has 0 fully saturated rings. The zero-order valence-electron chi connectivity index (χ0n) is 11.8. The quantitative estimate of drug-likeness (QED) is 0.917. The average Bonchev–Trinajstić information content (AvgIpc) is 2.60. The van der Waals surface area contributed by atoms with E-state index >= 15 is 0 Å². The molecule has 0 saturated carbocycles. The van der Waals surface area contributed by atoms with Crippen molar-refractivity contribution in [2.45, 2.75) is 13.5 Å². The number of hydrogen-bond acceptors (Lipinski definition) is 2. The molecule has 2 amide bonds. The fourth-order valence-corrected chi connectivity index (χ4v) is 2.55. The van der Waals surface area contributed by atoms with Crippen LogP contribution in [0.3, 0.4) is 0 Å². The van der Waals surface area contributed by atoms with E-state index in [0.717, 1.165) is 11.1 Å². The van der Waals surface area contributed by atoms with E-state index in [1.807, 2.05) is 37.3 Å². The van der Waals surface area contributed by atoms with Gasteiger partial charge in [-0.15, -0.1) is 0 Å². The largest absolute Gasteiger partial charge is 0.343 e. The maximum absolute atomic E-state index is 12.3. The predicted octanol–water partition coefficient (Wildman–Crippen LogP) is 2.27. The van der Waals surface area contributed by atoms with Gasteiger partial charge in [0.05, 0.1) is 24.3 Å². The number of hydrogen-bond donors (Lipinski definition) is 1. The summed E-state index contributed by atoms with van der Waals surface area (Å²) < 4.78 is 0. The monoisotopic (exact) mass is 280 g/mol. The van der Waals surface area contributed by atoms with E-state index < -0.39 is 0 Å². The molecule has 1 aliphatic rings. The second kappa shape index (κ2) is 5.40. The number of carbonyl (C=O) groups excluding carboxylic acids is 2. The second-order valence-corrected chi connectivity index (χ2v) is 5.17. The summed E-state index contributed by atoms with van der Waals surface area (Å²) in [5, 5.41) is 2.65. The zero-order valence-corrected chi connectivity index (χ0v) is 11.8. The summed E-state index contributed by atoms with van der Waals surface area (Å²) in [4.78, 5) is 26.0. The van der Waals surface area contributed by atoms with Crippen molar-refractivity contribution in [2.75, 3.05) is 11.4 Å². The fraction of sp³-hybridized carbons (Fsp3) is 0.176. The number of benzene rings is 2. The molecule has 1 N–H and O–H groups in total. The first-order valence-electron chi connectivity index (χ1n) is 6.88. The summed E-state index contributed by atoms with van der Waals surface area (Å²) in [5.41, 5.74) is 3.40. The molecule has 4 heteroatoms. The third kappa shape index (κ3) is 2.65. The number of para-hydroxylation sites is 1. The highest BCUT2D eigenvalue weighted by molar-refractivity contribution is 6.09. The molecule has 2 aromatic rings. The van der Waals surface area contributed by atoms with Crippen LogP contribution in [0, 0.1) is 6.92 Å². The van der Waals surface area contributed by atoms with Gasteiger partial charge in [0.15, 0.2) is 0 Å².